The largest absolute Gasteiger partial charge is 0.324 e. The Morgan fingerprint density at radius 1 is 1.26 bits per heavy atom. The Hall–Kier alpha value is -1.32. The first-order valence-corrected chi connectivity index (χ1v) is 7.58. The highest BCUT2D eigenvalue weighted by molar-refractivity contribution is 7.98. The van der Waals surface area contributed by atoms with Gasteiger partial charge in [0, 0.05) is 18.0 Å². The van der Waals surface area contributed by atoms with Crippen molar-refractivity contribution in [2.45, 2.75) is 37.1 Å². The van der Waals surface area contributed by atoms with Crippen molar-refractivity contribution >= 4 is 11.8 Å². The Balaban J connectivity index is 2.04. The molecule has 0 spiro atoms. The van der Waals surface area contributed by atoms with Gasteiger partial charge in [-0.2, -0.15) is 0 Å². The van der Waals surface area contributed by atoms with Gasteiger partial charge in [0.25, 0.3) is 0 Å². The molecule has 0 bridgehead atoms. The van der Waals surface area contributed by atoms with Crippen LogP contribution in [0.5, 0.6) is 0 Å². The molecular formula is C16H20N2S. The van der Waals surface area contributed by atoms with Gasteiger partial charge in [0.1, 0.15) is 0 Å². The molecule has 0 unspecified atom stereocenters. The Labute approximate surface area is 119 Å². The molecule has 2 nitrogen and oxygen atoms in total. The van der Waals surface area contributed by atoms with Gasteiger partial charge in [0.05, 0.1) is 5.03 Å². The first kappa shape index (κ1) is 14.1. The fourth-order valence-electron chi connectivity index (χ4n) is 1.96. The Morgan fingerprint density at radius 2 is 2.00 bits per heavy atom. The molecule has 2 aromatic rings. The van der Waals surface area contributed by atoms with Gasteiger partial charge < -0.3 is 5.73 Å². The second kappa shape index (κ2) is 6.73. The van der Waals surface area contributed by atoms with Crippen LogP contribution in [0.2, 0.25) is 0 Å². The minimum absolute atomic E-state index is 0.0978. The van der Waals surface area contributed by atoms with Gasteiger partial charge >= 0.3 is 0 Å². The van der Waals surface area contributed by atoms with E-state index in [4.69, 9.17) is 5.73 Å². The van der Waals surface area contributed by atoms with Crippen molar-refractivity contribution in [3.8, 4) is 0 Å². The lowest BCUT2D eigenvalue weighted by atomic mass is 10.0. The van der Waals surface area contributed by atoms with Crippen molar-refractivity contribution in [2.24, 2.45) is 5.73 Å². The fraction of sp³-hybridized carbons (Fsp3) is 0.312. The molecule has 100 valence electrons. The van der Waals surface area contributed by atoms with Crippen molar-refractivity contribution in [3.63, 3.8) is 0 Å². The predicted octanol–water partition coefficient (Wildman–Crippen LogP) is 4.09. The molecule has 2 N–H and O–H groups in total. The Morgan fingerprint density at radius 3 is 2.63 bits per heavy atom. The summed E-state index contributed by atoms with van der Waals surface area (Å²) < 4.78 is 0. The van der Waals surface area contributed by atoms with Gasteiger partial charge in [-0.1, -0.05) is 37.3 Å². The van der Waals surface area contributed by atoms with Crippen LogP contribution in [-0.4, -0.2) is 4.98 Å². The van der Waals surface area contributed by atoms with E-state index in [-0.39, 0.29) is 6.04 Å². The number of aryl methyl sites for hydroxylation is 1. The molecule has 1 heterocycles. The van der Waals surface area contributed by atoms with Crippen molar-refractivity contribution in [1.82, 2.24) is 4.98 Å². The molecule has 0 aliphatic rings. The van der Waals surface area contributed by atoms with Crippen molar-refractivity contribution in [2.75, 3.05) is 0 Å². The number of thioether (sulfide) groups is 1. The lowest BCUT2D eigenvalue weighted by Gasteiger charge is -2.13. The topological polar surface area (TPSA) is 38.9 Å². The monoisotopic (exact) mass is 272 g/mol. The summed E-state index contributed by atoms with van der Waals surface area (Å²) in [5.74, 6) is 0.951. The van der Waals surface area contributed by atoms with Crippen LogP contribution in [0.1, 0.15) is 36.1 Å². The molecule has 0 saturated heterocycles. The number of hydrogen-bond acceptors (Lipinski definition) is 3. The summed E-state index contributed by atoms with van der Waals surface area (Å²) in [6.45, 7) is 4.21. The van der Waals surface area contributed by atoms with Crippen LogP contribution in [0, 0.1) is 6.92 Å². The quantitative estimate of drug-likeness (QED) is 0.833. The van der Waals surface area contributed by atoms with Crippen molar-refractivity contribution in [3.05, 3.63) is 59.3 Å². The second-order valence-electron chi connectivity index (χ2n) is 4.67. The van der Waals surface area contributed by atoms with Crippen LogP contribution in [0.3, 0.4) is 0 Å². The molecular weight excluding hydrogens is 252 g/mol. The number of rotatable bonds is 5. The summed E-state index contributed by atoms with van der Waals surface area (Å²) in [7, 11) is 0. The average molecular weight is 272 g/mol. The van der Waals surface area contributed by atoms with E-state index in [2.05, 4.69) is 49.2 Å². The molecule has 2 rings (SSSR count). The molecule has 19 heavy (non-hydrogen) atoms. The lowest BCUT2D eigenvalue weighted by molar-refractivity contribution is 0.687. The third kappa shape index (κ3) is 3.82. The maximum Gasteiger partial charge on any atom is 0.0965 e. The fourth-order valence-corrected chi connectivity index (χ4v) is 2.85. The lowest BCUT2D eigenvalue weighted by Crippen LogP contribution is -2.10. The van der Waals surface area contributed by atoms with E-state index in [9.17, 15) is 0 Å². The SMILES string of the molecule is CC[C@H](N)c1cnc(SCc2ccccc2)cc1C. The van der Waals surface area contributed by atoms with Gasteiger partial charge in [0.15, 0.2) is 0 Å². The van der Waals surface area contributed by atoms with Crippen LogP contribution < -0.4 is 5.73 Å². The number of aromatic nitrogens is 1. The van der Waals surface area contributed by atoms with Gasteiger partial charge in [-0.05, 0) is 36.1 Å². The normalized spacial score (nSPS) is 12.4. The van der Waals surface area contributed by atoms with E-state index >= 15 is 0 Å². The summed E-state index contributed by atoms with van der Waals surface area (Å²) in [6, 6.07) is 12.7. The maximum absolute atomic E-state index is 6.06. The number of nitrogens with two attached hydrogens (primary N) is 1. The molecule has 0 aliphatic carbocycles. The van der Waals surface area contributed by atoms with Gasteiger partial charge in [0.2, 0.25) is 0 Å². The zero-order chi connectivity index (χ0) is 13.7. The highest BCUT2D eigenvalue weighted by atomic mass is 32.2. The van der Waals surface area contributed by atoms with E-state index < -0.39 is 0 Å². The van der Waals surface area contributed by atoms with Gasteiger partial charge in [-0.25, -0.2) is 4.98 Å². The summed E-state index contributed by atoms with van der Waals surface area (Å²) in [5.41, 5.74) is 9.78. The molecule has 1 aromatic carbocycles. The highest BCUT2D eigenvalue weighted by Gasteiger charge is 2.08. The van der Waals surface area contributed by atoms with E-state index in [1.165, 1.54) is 11.1 Å². The zero-order valence-corrected chi connectivity index (χ0v) is 12.3. The van der Waals surface area contributed by atoms with Gasteiger partial charge in [-0.15, -0.1) is 11.8 Å². The van der Waals surface area contributed by atoms with Crippen LogP contribution in [-0.2, 0) is 5.75 Å². The minimum atomic E-state index is 0.0978. The summed E-state index contributed by atoms with van der Waals surface area (Å²) in [5, 5.41) is 1.06. The molecule has 1 aromatic heterocycles. The molecule has 0 amide bonds. The zero-order valence-electron chi connectivity index (χ0n) is 11.5. The highest BCUT2D eigenvalue weighted by Crippen LogP contribution is 2.25. The van der Waals surface area contributed by atoms with Crippen molar-refractivity contribution in [1.29, 1.82) is 0 Å². The van der Waals surface area contributed by atoms with E-state index in [1.54, 1.807) is 11.8 Å². The molecule has 0 fully saturated rings. The summed E-state index contributed by atoms with van der Waals surface area (Å²) >= 11 is 1.76. The second-order valence-corrected chi connectivity index (χ2v) is 5.66. The number of nitrogens with zero attached hydrogens (tertiary/aromatic N) is 1. The van der Waals surface area contributed by atoms with Crippen LogP contribution in [0.25, 0.3) is 0 Å². The minimum Gasteiger partial charge on any atom is -0.324 e. The van der Waals surface area contributed by atoms with E-state index in [0.717, 1.165) is 22.8 Å². The number of pyridine rings is 1. The molecule has 3 heteroatoms. The molecule has 0 saturated carbocycles. The molecule has 1 atom stereocenters. The first-order valence-electron chi connectivity index (χ1n) is 6.59. The van der Waals surface area contributed by atoms with Crippen LogP contribution in [0.15, 0.2) is 47.6 Å². The average Bonchev–Trinajstić information content (AvgIpc) is 2.45. The smallest absolute Gasteiger partial charge is 0.0965 e. The van der Waals surface area contributed by atoms with Crippen LogP contribution in [0.4, 0.5) is 0 Å². The Kier molecular flexibility index (Phi) is 5.00. The first-order chi connectivity index (χ1) is 9.20. The van der Waals surface area contributed by atoms with Crippen molar-refractivity contribution < 1.29 is 0 Å². The molecule has 0 aliphatic heterocycles. The maximum atomic E-state index is 6.06. The summed E-state index contributed by atoms with van der Waals surface area (Å²) in [6.07, 6.45) is 2.87. The summed E-state index contributed by atoms with van der Waals surface area (Å²) in [4.78, 5) is 4.51. The van der Waals surface area contributed by atoms with Crippen LogP contribution >= 0.6 is 11.8 Å². The van der Waals surface area contributed by atoms with E-state index in [1.807, 2.05) is 12.3 Å². The standard InChI is InChI=1S/C16H20N2S/c1-3-15(17)14-10-18-16(9-12(14)2)19-11-13-7-5-4-6-8-13/h4-10,15H,3,11,17H2,1-2H3/t15-/m0/s1. The number of hydrogen-bond donors (Lipinski definition) is 1. The Bertz CT molecular complexity index is 526. The predicted molar refractivity (Wildman–Crippen MR) is 82.2 cm³/mol. The molecule has 0 radical (unpaired) electrons. The number of benzene rings is 1. The van der Waals surface area contributed by atoms with E-state index in [0.29, 0.717) is 0 Å². The third-order valence-electron chi connectivity index (χ3n) is 3.20. The third-order valence-corrected chi connectivity index (χ3v) is 4.19. The van der Waals surface area contributed by atoms with Gasteiger partial charge in [-0.3, -0.25) is 0 Å².